The van der Waals surface area contributed by atoms with Gasteiger partial charge < -0.3 is 10.1 Å². The SMILES string of the molecule is Cn1ncc2c(=O)n(CC(=O)NCc3ccc(Oc4ccc(F)cc4)cc3)cnc21. The molecule has 9 heteroatoms. The summed E-state index contributed by atoms with van der Waals surface area (Å²) < 4.78 is 21.3. The van der Waals surface area contributed by atoms with Crippen molar-refractivity contribution < 1.29 is 13.9 Å². The van der Waals surface area contributed by atoms with Crippen LogP contribution in [-0.4, -0.2) is 25.2 Å². The maximum absolute atomic E-state index is 12.9. The Bertz CT molecular complexity index is 1250. The monoisotopic (exact) mass is 407 g/mol. The molecule has 0 bridgehead atoms. The Kier molecular flexibility index (Phi) is 5.25. The van der Waals surface area contributed by atoms with Crippen LogP contribution in [0.25, 0.3) is 11.0 Å². The number of ether oxygens (including phenoxy) is 1. The van der Waals surface area contributed by atoms with Gasteiger partial charge in [0, 0.05) is 13.6 Å². The molecule has 8 nitrogen and oxygen atoms in total. The number of rotatable bonds is 6. The average molecular weight is 407 g/mol. The average Bonchev–Trinajstić information content (AvgIpc) is 3.13. The van der Waals surface area contributed by atoms with E-state index in [4.69, 9.17) is 4.74 Å². The van der Waals surface area contributed by atoms with Gasteiger partial charge in [0.05, 0.1) is 6.20 Å². The topological polar surface area (TPSA) is 91.0 Å². The first kappa shape index (κ1) is 19.3. The minimum absolute atomic E-state index is 0.136. The van der Waals surface area contributed by atoms with E-state index in [1.807, 2.05) is 12.1 Å². The van der Waals surface area contributed by atoms with Crippen LogP contribution in [0.1, 0.15) is 5.56 Å². The van der Waals surface area contributed by atoms with E-state index in [0.29, 0.717) is 29.1 Å². The highest BCUT2D eigenvalue weighted by atomic mass is 19.1. The number of amides is 1. The van der Waals surface area contributed by atoms with Crippen molar-refractivity contribution in [3.05, 3.63) is 82.8 Å². The van der Waals surface area contributed by atoms with Gasteiger partial charge in [-0.25, -0.2) is 9.37 Å². The Morgan fingerprint density at radius 3 is 2.47 bits per heavy atom. The predicted molar refractivity (Wildman–Crippen MR) is 108 cm³/mol. The second-order valence-electron chi connectivity index (χ2n) is 6.66. The van der Waals surface area contributed by atoms with Gasteiger partial charge in [-0.15, -0.1) is 0 Å². The van der Waals surface area contributed by atoms with E-state index in [0.717, 1.165) is 5.56 Å². The summed E-state index contributed by atoms with van der Waals surface area (Å²) in [6.07, 6.45) is 2.78. The lowest BCUT2D eigenvalue weighted by Crippen LogP contribution is -2.32. The van der Waals surface area contributed by atoms with Gasteiger partial charge >= 0.3 is 0 Å². The van der Waals surface area contributed by atoms with E-state index < -0.39 is 0 Å². The van der Waals surface area contributed by atoms with Crippen LogP contribution in [0.2, 0.25) is 0 Å². The largest absolute Gasteiger partial charge is 0.457 e. The molecule has 30 heavy (non-hydrogen) atoms. The number of aromatic nitrogens is 4. The first-order valence-corrected chi connectivity index (χ1v) is 9.16. The summed E-state index contributed by atoms with van der Waals surface area (Å²) in [5, 5.41) is 7.14. The lowest BCUT2D eigenvalue weighted by Gasteiger charge is -2.09. The summed E-state index contributed by atoms with van der Waals surface area (Å²) >= 11 is 0. The Balaban J connectivity index is 1.34. The first-order valence-electron chi connectivity index (χ1n) is 9.16. The Morgan fingerprint density at radius 2 is 1.77 bits per heavy atom. The van der Waals surface area contributed by atoms with Crippen molar-refractivity contribution in [3.63, 3.8) is 0 Å². The van der Waals surface area contributed by atoms with Crippen LogP contribution in [0.4, 0.5) is 4.39 Å². The van der Waals surface area contributed by atoms with E-state index in [1.165, 1.54) is 33.9 Å². The molecule has 0 saturated heterocycles. The standard InChI is InChI=1S/C21H18FN5O3/c1-26-20-18(11-25-26)21(29)27(13-24-20)12-19(28)23-10-14-2-6-16(7-3-14)30-17-8-4-15(22)5-9-17/h2-9,11,13H,10,12H2,1H3,(H,23,28). The van der Waals surface area contributed by atoms with Gasteiger partial charge in [0.2, 0.25) is 5.91 Å². The maximum atomic E-state index is 12.9. The molecule has 4 aromatic rings. The number of halogens is 1. The molecule has 1 N–H and O–H groups in total. The molecule has 2 aromatic carbocycles. The minimum Gasteiger partial charge on any atom is -0.457 e. The summed E-state index contributed by atoms with van der Waals surface area (Å²) in [5.74, 6) is 0.488. The van der Waals surface area contributed by atoms with E-state index in [9.17, 15) is 14.0 Å². The van der Waals surface area contributed by atoms with Crippen LogP contribution in [0, 0.1) is 5.82 Å². The molecule has 0 aliphatic rings. The molecule has 0 atom stereocenters. The number of hydrogen-bond acceptors (Lipinski definition) is 5. The van der Waals surface area contributed by atoms with Crippen LogP contribution in [-0.2, 0) is 24.9 Å². The molecule has 0 unspecified atom stereocenters. The minimum atomic E-state index is -0.327. The molecule has 2 heterocycles. The van der Waals surface area contributed by atoms with Gasteiger partial charge in [-0.3, -0.25) is 18.8 Å². The van der Waals surface area contributed by atoms with Crippen LogP contribution in [0.5, 0.6) is 11.5 Å². The number of benzene rings is 2. The van der Waals surface area contributed by atoms with Crippen molar-refractivity contribution in [2.24, 2.45) is 7.05 Å². The van der Waals surface area contributed by atoms with Gasteiger partial charge in [-0.1, -0.05) is 12.1 Å². The molecule has 0 radical (unpaired) electrons. The van der Waals surface area contributed by atoms with Crippen molar-refractivity contribution in [2.45, 2.75) is 13.1 Å². The number of carbonyl (C=O) groups excluding carboxylic acids is 1. The normalized spacial score (nSPS) is 10.9. The summed E-state index contributed by atoms with van der Waals surface area (Å²) in [6.45, 7) is 0.162. The number of aryl methyl sites for hydroxylation is 1. The number of carbonyl (C=O) groups is 1. The highest BCUT2D eigenvalue weighted by Gasteiger charge is 2.10. The fraction of sp³-hybridized carbons (Fsp3) is 0.143. The fourth-order valence-corrected chi connectivity index (χ4v) is 2.90. The third-order valence-corrected chi connectivity index (χ3v) is 4.49. The molecular formula is C21H18FN5O3. The van der Waals surface area contributed by atoms with Gasteiger partial charge in [0.15, 0.2) is 5.65 Å². The second-order valence-corrected chi connectivity index (χ2v) is 6.66. The number of hydrogen-bond donors (Lipinski definition) is 1. The number of fused-ring (bicyclic) bond motifs is 1. The Morgan fingerprint density at radius 1 is 1.10 bits per heavy atom. The Labute approximate surface area is 170 Å². The fourth-order valence-electron chi connectivity index (χ4n) is 2.90. The Hall–Kier alpha value is -4.01. The van der Waals surface area contributed by atoms with E-state index >= 15 is 0 Å². The molecule has 1 amide bonds. The summed E-state index contributed by atoms with van der Waals surface area (Å²) in [6, 6.07) is 12.9. The van der Waals surface area contributed by atoms with Crippen molar-refractivity contribution >= 4 is 16.9 Å². The lowest BCUT2D eigenvalue weighted by atomic mass is 10.2. The first-order chi connectivity index (χ1) is 14.5. The zero-order chi connectivity index (χ0) is 21.1. The number of nitrogens with zero attached hydrogens (tertiary/aromatic N) is 4. The smallest absolute Gasteiger partial charge is 0.264 e. The zero-order valence-corrected chi connectivity index (χ0v) is 16.1. The highest BCUT2D eigenvalue weighted by Crippen LogP contribution is 2.21. The molecule has 0 saturated carbocycles. The summed E-state index contributed by atoms with van der Waals surface area (Å²) in [4.78, 5) is 28.8. The van der Waals surface area contributed by atoms with E-state index in [2.05, 4.69) is 15.4 Å². The summed E-state index contributed by atoms with van der Waals surface area (Å²) in [5.41, 5.74) is 1.02. The van der Waals surface area contributed by atoms with Crippen molar-refractivity contribution in [3.8, 4) is 11.5 Å². The maximum Gasteiger partial charge on any atom is 0.264 e. The van der Waals surface area contributed by atoms with Crippen molar-refractivity contribution in [1.29, 1.82) is 0 Å². The molecular weight excluding hydrogens is 389 g/mol. The highest BCUT2D eigenvalue weighted by molar-refractivity contribution is 5.77. The van der Waals surface area contributed by atoms with Gasteiger partial charge in [0.1, 0.15) is 35.6 Å². The van der Waals surface area contributed by atoms with E-state index in [-0.39, 0.29) is 23.8 Å². The molecule has 0 fully saturated rings. The van der Waals surface area contributed by atoms with Crippen LogP contribution < -0.4 is 15.6 Å². The van der Waals surface area contributed by atoms with Gasteiger partial charge in [-0.2, -0.15) is 5.10 Å². The summed E-state index contributed by atoms with van der Waals surface area (Å²) in [7, 11) is 1.70. The van der Waals surface area contributed by atoms with Crippen molar-refractivity contribution in [2.75, 3.05) is 0 Å². The third-order valence-electron chi connectivity index (χ3n) is 4.49. The van der Waals surface area contributed by atoms with E-state index in [1.54, 1.807) is 31.3 Å². The van der Waals surface area contributed by atoms with Crippen LogP contribution in [0.3, 0.4) is 0 Å². The predicted octanol–water partition coefficient (Wildman–Crippen LogP) is 2.38. The van der Waals surface area contributed by atoms with Crippen molar-refractivity contribution in [1.82, 2.24) is 24.6 Å². The number of nitrogens with one attached hydrogen (secondary N) is 1. The van der Waals surface area contributed by atoms with Gasteiger partial charge in [0.25, 0.3) is 5.56 Å². The third kappa shape index (κ3) is 4.19. The van der Waals surface area contributed by atoms with Crippen LogP contribution >= 0.6 is 0 Å². The quantitative estimate of drug-likeness (QED) is 0.530. The molecule has 0 aliphatic carbocycles. The van der Waals surface area contributed by atoms with Gasteiger partial charge in [-0.05, 0) is 42.0 Å². The second kappa shape index (κ2) is 8.16. The molecule has 0 spiro atoms. The molecule has 0 aliphatic heterocycles. The zero-order valence-electron chi connectivity index (χ0n) is 16.1. The van der Waals surface area contributed by atoms with Crippen LogP contribution in [0.15, 0.2) is 65.8 Å². The molecule has 2 aromatic heterocycles. The molecule has 152 valence electrons. The lowest BCUT2D eigenvalue weighted by molar-refractivity contribution is -0.121. The molecule has 4 rings (SSSR count).